The van der Waals surface area contributed by atoms with E-state index in [-0.39, 0.29) is 11.3 Å². The molecule has 1 heterocycles. The average molecular weight is 458 g/mol. The van der Waals surface area contributed by atoms with Gasteiger partial charge in [-0.05, 0) is 62.7 Å². The number of para-hydroxylation sites is 1. The van der Waals surface area contributed by atoms with Crippen molar-refractivity contribution in [2.45, 2.75) is 26.8 Å². The summed E-state index contributed by atoms with van der Waals surface area (Å²) in [6, 6.07) is 18.9. The summed E-state index contributed by atoms with van der Waals surface area (Å²) in [5.74, 6) is -0.486. The summed E-state index contributed by atoms with van der Waals surface area (Å²) in [7, 11) is 1.53. The van der Waals surface area contributed by atoms with E-state index >= 15 is 0 Å². The third-order valence-corrected chi connectivity index (χ3v) is 5.94. The average Bonchev–Trinajstić information content (AvgIpc) is 3.10. The molecule has 1 fully saturated rings. The smallest absolute Gasteiger partial charge is 0.300 e. The molecule has 3 aromatic rings. The van der Waals surface area contributed by atoms with E-state index in [9.17, 15) is 14.7 Å². The molecule has 1 amide bonds. The third kappa shape index (κ3) is 4.03. The Morgan fingerprint density at radius 1 is 0.971 bits per heavy atom. The van der Waals surface area contributed by atoms with Crippen LogP contribution in [-0.4, -0.2) is 30.5 Å². The van der Waals surface area contributed by atoms with Crippen molar-refractivity contribution in [2.75, 3.05) is 18.6 Å². The molecule has 1 atom stereocenters. The minimum Gasteiger partial charge on any atom is -0.507 e. The molecule has 6 nitrogen and oxygen atoms in total. The monoisotopic (exact) mass is 457 g/mol. The van der Waals surface area contributed by atoms with Crippen LogP contribution in [0.1, 0.15) is 35.2 Å². The second-order valence-electron chi connectivity index (χ2n) is 8.16. The highest BCUT2D eigenvalue weighted by molar-refractivity contribution is 6.51. The Bertz CT molecular complexity index is 1280. The Hall–Kier alpha value is -4.06. The number of Topliss-reactive ketones (excluding diaryl/α,β-unsaturated/α-hetero) is 1. The largest absolute Gasteiger partial charge is 0.507 e. The van der Waals surface area contributed by atoms with Crippen molar-refractivity contribution < 1.29 is 24.2 Å². The molecule has 1 aliphatic heterocycles. The predicted molar refractivity (Wildman–Crippen MR) is 131 cm³/mol. The first-order valence-electron chi connectivity index (χ1n) is 11.1. The third-order valence-electron chi connectivity index (χ3n) is 5.94. The molecule has 3 aromatic carbocycles. The number of carbonyl (C=O) groups is 2. The molecule has 174 valence electrons. The van der Waals surface area contributed by atoms with Gasteiger partial charge in [-0.25, -0.2) is 0 Å². The van der Waals surface area contributed by atoms with E-state index in [1.807, 2.05) is 45.0 Å². The van der Waals surface area contributed by atoms with E-state index in [2.05, 4.69) is 0 Å². The first-order chi connectivity index (χ1) is 16.4. The number of anilines is 1. The lowest BCUT2D eigenvalue weighted by Gasteiger charge is -2.26. The quantitative estimate of drug-likeness (QED) is 0.307. The highest BCUT2D eigenvalue weighted by atomic mass is 16.5. The molecule has 34 heavy (non-hydrogen) atoms. The first-order valence-corrected chi connectivity index (χ1v) is 11.1. The van der Waals surface area contributed by atoms with E-state index in [0.717, 1.165) is 11.1 Å². The summed E-state index contributed by atoms with van der Waals surface area (Å²) in [5.41, 5.74) is 3.45. The van der Waals surface area contributed by atoms with E-state index in [1.165, 1.54) is 12.0 Å². The maximum absolute atomic E-state index is 13.3. The molecule has 0 aromatic heterocycles. The number of hydrogen-bond donors (Lipinski definition) is 1. The minimum absolute atomic E-state index is 0.0126. The normalized spacial score (nSPS) is 17.2. The van der Waals surface area contributed by atoms with Crippen molar-refractivity contribution in [1.82, 2.24) is 0 Å². The molecule has 4 rings (SSSR count). The van der Waals surface area contributed by atoms with Crippen LogP contribution in [0.4, 0.5) is 5.69 Å². The van der Waals surface area contributed by atoms with Crippen LogP contribution in [0.15, 0.2) is 72.3 Å². The van der Waals surface area contributed by atoms with E-state index in [4.69, 9.17) is 9.47 Å². The van der Waals surface area contributed by atoms with Crippen LogP contribution in [0, 0.1) is 13.8 Å². The Kier molecular flexibility index (Phi) is 6.41. The molecule has 0 saturated carbocycles. The number of aliphatic hydroxyl groups excluding tert-OH is 1. The van der Waals surface area contributed by atoms with Crippen LogP contribution >= 0.6 is 0 Å². The number of ketones is 1. The van der Waals surface area contributed by atoms with Crippen molar-refractivity contribution in [3.05, 3.63) is 94.6 Å². The number of aliphatic hydroxyl groups is 1. The SMILES string of the molecule is CCOc1ccc(/C(O)=C2\C(=O)C(=O)N(c3ccc(C)cc3)C2c2ccccc2OC)cc1C. The number of aryl methyl sites for hydroxylation is 2. The van der Waals surface area contributed by atoms with Gasteiger partial charge in [-0.2, -0.15) is 0 Å². The van der Waals surface area contributed by atoms with Gasteiger partial charge in [0, 0.05) is 16.8 Å². The van der Waals surface area contributed by atoms with Crippen LogP contribution in [0.3, 0.4) is 0 Å². The maximum Gasteiger partial charge on any atom is 0.300 e. The van der Waals surface area contributed by atoms with Crippen LogP contribution in [0.2, 0.25) is 0 Å². The Morgan fingerprint density at radius 2 is 1.68 bits per heavy atom. The standard InChI is InChI=1S/C28H27NO5/c1-5-34-22-15-12-19(16-18(22)3)26(30)24-25(21-8-6-7-9-23(21)33-4)29(28(32)27(24)31)20-13-10-17(2)11-14-20/h6-16,25,30H,5H2,1-4H3/b26-24+. The number of ether oxygens (including phenoxy) is 2. The van der Waals surface area contributed by atoms with Crippen LogP contribution in [0.25, 0.3) is 5.76 Å². The molecular formula is C28H27NO5. The lowest BCUT2D eigenvalue weighted by Crippen LogP contribution is -2.29. The molecule has 1 N–H and O–H groups in total. The van der Waals surface area contributed by atoms with Gasteiger partial charge in [-0.15, -0.1) is 0 Å². The molecule has 1 saturated heterocycles. The molecule has 0 spiro atoms. The molecule has 0 aliphatic carbocycles. The number of amides is 1. The molecule has 1 aliphatic rings. The van der Waals surface area contributed by atoms with Crippen molar-refractivity contribution in [2.24, 2.45) is 0 Å². The molecule has 0 bridgehead atoms. The number of methoxy groups -OCH3 is 1. The number of benzene rings is 3. The van der Waals surface area contributed by atoms with Gasteiger partial charge in [-0.3, -0.25) is 14.5 Å². The number of carbonyl (C=O) groups excluding carboxylic acids is 2. The van der Waals surface area contributed by atoms with Crippen molar-refractivity contribution >= 4 is 23.1 Å². The van der Waals surface area contributed by atoms with Crippen LogP contribution < -0.4 is 14.4 Å². The highest BCUT2D eigenvalue weighted by Crippen LogP contribution is 2.45. The summed E-state index contributed by atoms with van der Waals surface area (Å²) in [4.78, 5) is 28.1. The van der Waals surface area contributed by atoms with Gasteiger partial charge < -0.3 is 14.6 Å². The number of nitrogens with zero attached hydrogens (tertiary/aromatic N) is 1. The predicted octanol–water partition coefficient (Wildman–Crippen LogP) is 5.34. The maximum atomic E-state index is 13.3. The Morgan fingerprint density at radius 3 is 2.32 bits per heavy atom. The Balaban J connectivity index is 1.94. The molecule has 1 unspecified atom stereocenters. The zero-order chi connectivity index (χ0) is 24.4. The van der Waals surface area contributed by atoms with Crippen molar-refractivity contribution in [1.29, 1.82) is 0 Å². The second kappa shape index (κ2) is 9.43. The van der Waals surface area contributed by atoms with Crippen molar-refractivity contribution in [3.63, 3.8) is 0 Å². The fraction of sp³-hybridized carbons (Fsp3) is 0.214. The van der Waals surface area contributed by atoms with E-state index < -0.39 is 17.7 Å². The number of hydrogen-bond acceptors (Lipinski definition) is 5. The summed E-state index contributed by atoms with van der Waals surface area (Å²) < 4.78 is 11.2. The Labute approximate surface area is 199 Å². The second-order valence-corrected chi connectivity index (χ2v) is 8.16. The van der Waals surface area contributed by atoms with E-state index in [1.54, 1.807) is 42.5 Å². The summed E-state index contributed by atoms with van der Waals surface area (Å²) in [6.45, 7) is 6.23. The minimum atomic E-state index is -0.856. The van der Waals surface area contributed by atoms with Gasteiger partial charge in [0.05, 0.1) is 25.3 Å². The van der Waals surface area contributed by atoms with Gasteiger partial charge in [0.15, 0.2) is 0 Å². The van der Waals surface area contributed by atoms with Crippen LogP contribution in [-0.2, 0) is 9.59 Å². The van der Waals surface area contributed by atoms with Gasteiger partial charge >= 0.3 is 0 Å². The first kappa shape index (κ1) is 23.1. The van der Waals surface area contributed by atoms with E-state index in [0.29, 0.717) is 34.9 Å². The molecular weight excluding hydrogens is 430 g/mol. The lowest BCUT2D eigenvalue weighted by atomic mass is 9.94. The van der Waals surface area contributed by atoms with Crippen LogP contribution in [0.5, 0.6) is 11.5 Å². The fourth-order valence-electron chi connectivity index (χ4n) is 4.26. The summed E-state index contributed by atoms with van der Waals surface area (Å²) in [5, 5.41) is 11.4. The zero-order valence-corrected chi connectivity index (χ0v) is 19.7. The van der Waals surface area contributed by atoms with Crippen molar-refractivity contribution in [3.8, 4) is 11.5 Å². The van der Waals surface area contributed by atoms with Gasteiger partial charge in [0.1, 0.15) is 17.3 Å². The number of rotatable bonds is 6. The lowest BCUT2D eigenvalue weighted by molar-refractivity contribution is -0.132. The topological polar surface area (TPSA) is 76.1 Å². The highest BCUT2D eigenvalue weighted by Gasteiger charge is 2.47. The zero-order valence-electron chi connectivity index (χ0n) is 19.7. The summed E-state index contributed by atoms with van der Waals surface area (Å²) in [6.07, 6.45) is 0. The van der Waals surface area contributed by atoms with Gasteiger partial charge in [0.25, 0.3) is 11.7 Å². The molecule has 6 heteroatoms. The summed E-state index contributed by atoms with van der Waals surface area (Å²) >= 11 is 0. The van der Waals surface area contributed by atoms with Gasteiger partial charge in [-0.1, -0.05) is 35.9 Å². The molecule has 0 radical (unpaired) electrons. The fourth-order valence-corrected chi connectivity index (χ4v) is 4.26. The van der Waals surface area contributed by atoms with Gasteiger partial charge in [0.2, 0.25) is 0 Å².